The van der Waals surface area contributed by atoms with Crippen LogP contribution in [0.5, 0.6) is 0 Å². The fraction of sp³-hybridized carbons (Fsp3) is 0.0833. The maximum atomic E-state index is 11.0. The molecule has 0 unspecified atom stereocenters. The van der Waals surface area contributed by atoms with Crippen LogP contribution in [0.25, 0.3) is 11.4 Å². The van der Waals surface area contributed by atoms with Crippen molar-refractivity contribution in [3.8, 4) is 11.4 Å². The van der Waals surface area contributed by atoms with Gasteiger partial charge in [0.1, 0.15) is 0 Å². The molecule has 1 heterocycles. The third-order valence-electron chi connectivity index (χ3n) is 2.19. The van der Waals surface area contributed by atoms with Crippen molar-refractivity contribution in [2.24, 2.45) is 0 Å². The first-order chi connectivity index (χ1) is 7.68. The van der Waals surface area contributed by atoms with E-state index in [1.165, 1.54) is 0 Å². The van der Waals surface area contributed by atoms with Crippen molar-refractivity contribution in [3.63, 3.8) is 0 Å². The van der Waals surface area contributed by atoms with E-state index in [0.29, 0.717) is 11.4 Å². The van der Waals surface area contributed by atoms with Crippen LogP contribution in [0.4, 0.5) is 0 Å². The number of hydrogen-bond acceptors (Lipinski definition) is 3. The number of nitrogens with zero attached hydrogens (tertiary/aromatic N) is 2. The predicted octanol–water partition coefficient (Wildman–Crippen LogP) is 2.15. The second-order valence-corrected chi connectivity index (χ2v) is 3.37. The quantitative estimate of drug-likeness (QED) is 0.831. The van der Waals surface area contributed by atoms with Crippen molar-refractivity contribution in [2.45, 2.75) is 6.92 Å². The molecule has 0 saturated carbocycles. The summed E-state index contributed by atoms with van der Waals surface area (Å²) in [5.41, 5.74) is 1.57. The first kappa shape index (κ1) is 10.3. The van der Waals surface area contributed by atoms with Gasteiger partial charge in [-0.3, -0.25) is 0 Å². The van der Waals surface area contributed by atoms with Crippen LogP contribution in [0.3, 0.4) is 0 Å². The van der Waals surface area contributed by atoms with E-state index >= 15 is 0 Å². The van der Waals surface area contributed by atoms with Crippen LogP contribution in [0.15, 0.2) is 36.5 Å². The highest BCUT2D eigenvalue weighted by atomic mass is 16.4. The molecule has 0 aliphatic rings. The minimum atomic E-state index is -0.972. The average Bonchev–Trinajstić information content (AvgIpc) is 2.29. The topological polar surface area (TPSA) is 63.1 Å². The molecule has 0 fully saturated rings. The zero-order valence-corrected chi connectivity index (χ0v) is 8.71. The highest BCUT2D eigenvalue weighted by molar-refractivity contribution is 5.94. The lowest BCUT2D eigenvalue weighted by atomic mass is 10.1. The van der Waals surface area contributed by atoms with E-state index in [1.54, 1.807) is 36.5 Å². The van der Waals surface area contributed by atoms with Crippen molar-refractivity contribution in [1.82, 2.24) is 9.97 Å². The number of carboxylic acid groups (broad SMARTS) is 1. The minimum Gasteiger partial charge on any atom is -0.478 e. The summed E-state index contributed by atoms with van der Waals surface area (Å²) in [7, 11) is 0. The normalized spacial score (nSPS) is 10.1. The molecule has 80 valence electrons. The first-order valence-electron chi connectivity index (χ1n) is 4.81. The number of carbonyl (C=O) groups is 1. The van der Waals surface area contributed by atoms with Gasteiger partial charge >= 0.3 is 5.97 Å². The van der Waals surface area contributed by atoms with E-state index in [2.05, 4.69) is 9.97 Å². The Bertz CT molecular complexity index is 538. The lowest BCUT2D eigenvalue weighted by Crippen LogP contribution is -2.01. The van der Waals surface area contributed by atoms with E-state index in [-0.39, 0.29) is 5.56 Å². The number of rotatable bonds is 2. The molecule has 0 spiro atoms. The molecule has 0 aliphatic heterocycles. The molecule has 4 heteroatoms. The summed E-state index contributed by atoms with van der Waals surface area (Å²) < 4.78 is 0. The Morgan fingerprint density at radius 2 is 2.00 bits per heavy atom. The minimum absolute atomic E-state index is 0.216. The van der Waals surface area contributed by atoms with Crippen LogP contribution >= 0.6 is 0 Å². The number of hydrogen-bond donors (Lipinski definition) is 1. The summed E-state index contributed by atoms with van der Waals surface area (Å²) in [4.78, 5) is 19.3. The van der Waals surface area contributed by atoms with Crippen LogP contribution in [0, 0.1) is 6.92 Å². The molecule has 4 nitrogen and oxygen atoms in total. The predicted molar refractivity (Wildman–Crippen MR) is 59.2 cm³/mol. The Kier molecular flexibility index (Phi) is 2.64. The fourth-order valence-electron chi connectivity index (χ4n) is 1.44. The molecular formula is C12H10N2O2. The maximum Gasteiger partial charge on any atom is 0.336 e. The Hall–Kier alpha value is -2.23. The number of aromatic carboxylic acids is 1. The molecule has 1 aromatic heterocycles. The summed E-state index contributed by atoms with van der Waals surface area (Å²) in [5.74, 6) is -0.529. The van der Waals surface area contributed by atoms with Crippen LogP contribution in [0.2, 0.25) is 0 Å². The molecule has 2 aromatic rings. The first-order valence-corrected chi connectivity index (χ1v) is 4.81. The van der Waals surface area contributed by atoms with Crippen molar-refractivity contribution in [1.29, 1.82) is 0 Å². The van der Waals surface area contributed by atoms with Crippen LogP contribution in [0.1, 0.15) is 16.1 Å². The smallest absolute Gasteiger partial charge is 0.336 e. The standard InChI is InChI=1S/C12H10N2O2/c1-8-6-7-13-11(14-8)9-4-2-3-5-10(9)12(15)16/h2-7H,1H3,(H,15,16). The second kappa shape index (κ2) is 4.10. The number of carboxylic acids is 1. The van der Waals surface area contributed by atoms with Crippen molar-refractivity contribution < 1.29 is 9.90 Å². The molecule has 16 heavy (non-hydrogen) atoms. The lowest BCUT2D eigenvalue weighted by Gasteiger charge is -2.04. The highest BCUT2D eigenvalue weighted by Crippen LogP contribution is 2.19. The molecule has 0 bridgehead atoms. The monoisotopic (exact) mass is 214 g/mol. The summed E-state index contributed by atoms with van der Waals surface area (Å²) in [6.07, 6.45) is 1.62. The molecule has 0 atom stereocenters. The van der Waals surface area contributed by atoms with Gasteiger partial charge in [0.15, 0.2) is 5.82 Å². The average molecular weight is 214 g/mol. The van der Waals surface area contributed by atoms with Gasteiger partial charge in [-0.2, -0.15) is 0 Å². The van der Waals surface area contributed by atoms with Gasteiger partial charge in [0.2, 0.25) is 0 Å². The SMILES string of the molecule is Cc1ccnc(-c2ccccc2C(=O)O)n1. The van der Waals surface area contributed by atoms with E-state index in [0.717, 1.165) is 5.69 Å². The Balaban J connectivity index is 2.60. The molecule has 1 N–H and O–H groups in total. The summed E-state index contributed by atoms with van der Waals surface area (Å²) in [5, 5.41) is 9.04. The molecule has 0 amide bonds. The number of benzene rings is 1. The maximum absolute atomic E-state index is 11.0. The van der Waals surface area contributed by atoms with Gasteiger partial charge in [0.25, 0.3) is 0 Å². The number of aromatic nitrogens is 2. The summed E-state index contributed by atoms with van der Waals surface area (Å²) in [6, 6.07) is 8.48. The highest BCUT2D eigenvalue weighted by Gasteiger charge is 2.12. The van der Waals surface area contributed by atoms with Gasteiger partial charge in [0.05, 0.1) is 5.56 Å². The fourth-order valence-corrected chi connectivity index (χ4v) is 1.44. The molecule has 0 aliphatic carbocycles. The van der Waals surface area contributed by atoms with E-state index in [1.807, 2.05) is 6.92 Å². The summed E-state index contributed by atoms with van der Waals surface area (Å²) in [6.45, 7) is 1.84. The van der Waals surface area contributed by atoms with Crippen LogP contribution in [-0.4, -0.2) is 21.0 Å². The van der Waals surface area contributed by atoms with Gasteiger partial charge in [-0.05, 0) is 19.1 Å². The van der Waals surface area contributed by atoms with Gasteiger partial charge in [-0.1, -0.05) is 18.2 Å². The van der Waals surface area contributed by atoms with Crippen molar-refractivity contribution in [2.75, 3.05) is 0 Å². The van der Waals surface area contributed by atoms with Crippen molar-refractivity contribution in [3.05, 3.63) is 47.8 Å². The molecule has 1 aromatic carbocycles. The third-order valence-corrected chi connectivity index (χ3v) is 2.19. The Morgan fingerprint density at radius 1 is 1.25 bits per heavy atom. The zero-order chi connectivity index (χ0) is 11.5. The largest absolute Gasteiger partial charge is 0.478 e. The van der Waals surface area contributed by atoms with Crippen molar-refractivity contribution >= 4 is 5.97 Å². The van der Waals surface area contributed by atoms with E-state index < -0.39 is 5.97 Å². The van der Waals surface area contributed by atoms with E-state index in [9.17, 15) is 4.79 Å². The van der Waals surface area contributed by atoms with Gasteiger partial charge in [0, 0.05) is 17.5 Å². The number of aryl methyl sites for hydroxylation is 1. The van der Waals surface area contributed by atoms with E-state index in [4.69, 9.17) is 5.11 Å². The molecule has 2 rings (SSSR count). The van der Waals surface area contributed by atoms with Crippen LogP contribution in [-0.2, 0) is 0 Å². The molecular weight excluding hydrogens is 204 g/mol. The Morgan fingerprint density at radius 3 is 2.69 bits per heavy atom. The third kappa shape index (κ3) is 1.91. The van der Waals surface area contributed by atoms with Gasteiger partial charge in [-0.25, -0.2) is 14.8 Å². The lowest BCUT2D eigenvalue weighted by molar-refractivity contribution is 0.0697. The van der Waals surface area contributed by atoms with Gasteiger partial charge in [-0.15, -0.1) is 0 Å². The van der Waals surface area contributed by atoms with Crippen LogP contribution < -0.4 is 0 Å². The Labute approximate surface area is 92.6 Å². The molecule has 0 saturated heterocycles. The summed E-state index contributed by atoms with van der Waals surface area (Å²) >= 11 is 0. The van der Waals surface area contributed by atoms with Gasteiger partial charge < -0.3 is 5.11 Å². The molecule has 0 radical (unpaired) electrons. The zero-order valence-electron chi connectivity index (χ0n) is 8.71. The second-order valence-electron chi connectivity index (χ2n) is 3.37.